The Kier molecular flexibility index (Phi) is 4.22. The van der Waals surface area contributed by atoms with E-state index in [9.17, 15) is 14.0 Å². The van der Waals surface area contributed by atoms with Crippen LogP contribution in [0.2, 0.25) is 0 Å². The summed E-state index contributed by atoms with van der Waals surface area (Å²) >= 11 is 0. The Morgan fingerprint density at radius 2 is 1.89 bits per heavy atom. The third-order valence-corrected chi connectivity index (χ3v) is 6.03. The molecule has 0 spiro atoms. The predicted molar refractivity (Wildman–Crippen MR) is 102 cm³/mol. The fourth-order valence-electron chi connectivity index (χ4n) is 4.25. The monoisotopic (exact) mass is 381 g/mol. The molecule has 1 aromatic heterocycles. The summed E-state index contributed by atoms with van der Waals surface area (Å²) in [4.78, 5) is 29.6. The maximum Gasteiger partial charge on any atom is 0.243 e. The van der Waals surface area contributed by atoms with Crippen molar-refractivity contribution in [2.45, 2.75) is 44.3 Å². The second-order valence-corrected chi connectivity index (χ2v) is 8.14. The molecule has 1 atom stereocenters. The number of nitrogens with zero attached hydrogens (tertiary/aromatic N) is 3. The second kappa shape index (κ2) is 6.76. The number of hydrogen-bond donors (Lipinski definition) is 0. The van der Waals surface area contributed by atoms with Crippen molar-refractivity contribution in [1.29, 1.82) is 0 Å². The molecule has 146 valence electrons. The molecule has 2 saturated carbocycles. The number of amides is 2. The van der Waals surface area contributed by atoms with Crippen LogP contribution in [0.1, 0.15) is 43.0 Å². The topological polar surface area (TPSA) is 45.6 Å². The summed E-state index contributed by atoms with van der Waals surface area (Å²) < 4.78 is 16.0. The summed E-state index contributed by atoms with van der Waals surface area (Å²) in [5, 5.41) is 0. The molecule has 2 amide bonds. The van der Waals surface area contributed by atoms with Gasteiger partial charge in [0, 0.05) is 36.9 Å². The second-order valence-electron chi connectivity index (χ2n) is 8.14. The van der Waals surface area contributed by atoms with E-state index in [1.165, 1.54) is 12.1 Å². The van der Waals surface area contributed by atoms with Crippen LogP contribution in [0.4, 0.5) is 4.39 Å². The standard InChI is InChI=1S/C22H24FN3O2/c23-17-4-1-3-16(13-17)21-19-5-2-10-24(19)11-12-25(21)20(27)14-26(18-8-9-18)22(28)15-6-7-15/h1-5,10,13,15,18,21H,6-9,11-12,14H2/t21-/m0/s1. The van der Waals surface area contributed by atoms with Gasteiger partial charge in [0.2, 0.25) is 11.8 Å². The highest BCUT2D eigenvalue weighted by Crippen LogP contribution is 2.37. The quantitative estimate of drug-likeness (QED) is 0.799. The van der Waals surface area contributed by atoms with Gasteiger partial charge in [-0.2, -0.15) is 0 Å². The molecule has 0 N–H and O–H groups in total. The molecule has 2 aliphatic carbocycles. The van der Waals surface area contributed by atoms with Gasteiger partial charge in [0.1, 0.15) is 12.4 Å². The number of halogens is 1. The van der Waals surface area contributed by atoms with Crippen LogP contribution in [-0.4, -0.2) is 45.3 Å². The number of benzene rings is 1. The van der Waals surface area contributed by atoms with Crippen molar-refractivity contribution in [2.75, 3.05) is 13.1 Å². The third-order valence-electron chi connectivity index (χ3n) is 6.03. The van der Waals surface area contributed by atoms with Crippen LogP contribution in [0.5, 0.6) is 0 Å². The molecule has 1 aliphatic heterocycles. The van der Waals surface area contributed by atoms with Crippen molar-refractivity contribution in [3.63, 3.8) is 0 Å². The zero-order valence-electron chi connectivity index (χ0n) is 15.8. The van der Waals surface area contributed by atoms with Gasteiger partial charge in [-0.25, -0.2) is 4.39 Å². The lowest BCUT2D eigenvalue weighted by molar-refractivity contribution is -0.143. The van der Waals surface area contributed by atoms with Crippen LogP contribution in [0.3, 0.4) is 0 Å². The van der Waals surface area contributed by atoms with Crippen LogP contribution in [-0.2, 0) is 16.1 Å². The summed E-state index contributed by atoms with van der Waals surface area (Å²) in [6, 6.07) is 10.3. The summed E-state index contributed by atoms with van der Waals surface area (Å²) in [6.07, 6.45) is 5.86. The molecule has 1 aromatic carbocycles. The Balaban J connectivity index is 1.43. The Morgan fingerprint density at radius 1 is 1.07 bits per heavy atom. The van der Waals surface area contributed by atoms with E-state index >= 15 is 0 Å². The Hall–Kier alpha value is -2.63. The number of fused-ring (bicyclic) bond motifs is 1. The molecule has 0 radical (unpaired) electrons. The van der Waals surface area contributed by atoms with Gasteiger partial charge in [-0.1, -0.05) is 12.1 Å². The predicted octanol–water partition coefficient (Wildman–Crippen LogP) is 2.96. The molecular weight excluding hydrogens is 357 g/mol. The summed E-state index contributed by atoms with van der Waals surface area (Å²) in [5.41, 5.74) is 1.75. The highest BCUT2D eigenvalue weighted by Gasteiger charge is 2.42. The first-order valence-electron chi connectivity index (χ1n) is 10.1. The largest absolute Gasteiger partial charge is 0.348 e. The molecule has 2 fully saturated rings. The van der Waals surface area contributed by atoms with Crippen molar-refractivity contribution in [2.24, 2.45) is 5.92 Å². The van der Waals surface area contributed by atoms with Crippen LogP contribution in [0, 0.1) is 11.7 Å². The van der Waals surface area contributed by atoms with Gasteiger partial charge in [-0.3, -0.25) is 9.59 Å². The molecule has 5 rings (SSSR count). The van der Waals surface area contributed by atoms with Gasteiger partial charge >= 0.3 is 0 Å². The van der Waals surface area contributed by atoms with E-state index in [-0.39, 0.29) is 42.2 Å². The molecule has 2 aromatic rings. The minimum absolute atomic E-state index is 0.0531. The van der Waals surface area contributed by atoms with E-state index < -0.39 is 0 Å². The zero-order chi connectivity index (χ0) is 19.3. The van der Waals surface area contributed by atoms with Crippen molar-refractivity contribution >= 4 is 11.8 Å². The molecular formula is C22H24FN3O2. The fourth-order valence-corrected chi connectivity index (χ4v) is 4.25. The highest BCUT2D eigenvalue weighted by atomic mass is 19.1. The SMILES string of the molecule is O=C(C1CC1)N(CC(=O)N1CCn2cccc2[C@@H]1c1cccc(F)c1)C1CC1. The Bertz CT molecular complexity index is 916. The van der Waals surface area contributed by atoms with E-state index in [2.05, 4.69) is 4.57 Å². The van der Waals surface area contributed by atoms with Crippen molar-refractivity contribution in [1.82, 2.24) is 14.4 Å². The summed E-state index contributed by atoms with van der Waals surface area (Å²) in [6.45, 7) is 1.39. The molecule has 2 heterocycles. The van der Waals surface area contributed by atoms with Gasteiger partial charge in [-0.15, -0.1) is 0 Å². The van der Waals surface area contributed by atoms with E-state index in [0.717, 1.165) is 36.9 Å². The van der Waals surface area contributed by atoms with E-state index in [0.29, 0.717) is 13.1 Å². The maximum atomic E-state index is 13.9. The smallest absolute Gasteiger partial charge is 0.243 e. The molecule has 0 saturated heterocycles. The lowest BCUT2D eigenvalue weighted by atomic mass is 9.99. The van der Waals surface area contributed by atoms with Crippen molar-refractivity contribution in [3.05, 3.63) is 59.7 Å². The average molecular weight is 381 g/mol. The van der Waals surface area contributed by atoms with E-state index in [1.807, 2.05) is 29.3 Å². The molecule has 6 heteroatoms. The number of carbonyl (C=O) groups excluding carboxylic acids is 2. The minimum Gasteiger partial charge on any atom is -0.348 e. The first-order chi connectivity index (χ1) is 13.6. The van der Waals surface area contributed by atoms with Crippen LogP contribution in [0.25, 0.3) is 0 Å². The van der Waals surface area contributed by atoms with Gasteiger partial charge in [0.25, 0.3) is 0 Å². The van der Waals surface area contributed by atoms with Gasteiger partial charge < -0.3 is 14.4 Å². The highest BCUT2D eigenvalue weighted by molar-refractivity contribution is 5.88. The van der Waals surface area contributed by atoms with E-state index in [4.69, 9.17) is 0 Å². The number of aromatic nitrogens is 1. The first kappa shape index (κ1) is 17.5. The number of carbonyl (C=O) groups is 2. The maximum absolute atomic E-state index is 13.9. The lowest BCUT2D eigenvalue weighted by Gasteiger charge is -2.38. The van der Waals surface area contributed by atoms with Gasteiger partial charge in [0.15, 0.2) is 0 Å². The lowest BCUT2D eigenvalue weighted by Crippen LogP contribution is -2.48. The molecule has 0 unspecified atom stereocenters. The van der Waals surface area contributed by atoms with Crippen LogP contribution < -0.4 is 0 Å². The van der Waals surface area contributed by atoms with E-state index in [1.54, 1.807) is 11.0 Å². The van der Waals surface area contributed by atoms with Gasteiger partial charge in [0.05, 0.1) is 6.04 Å². The molecule has 0 bridgehead atoms. The number of rotatable bonds is 5. The third kappa shape index (κ3) is 3.21. The Labute approximate surface area is 163 Å². The first-order valence-corrected chi connectivity index (χ1v) is 10.1. The number of hydrogen-bond acceptors (Lipinski definition) is 2. The van der Waals surface area contributed by atoms with Crippen molar-refractivity contribution < 1.29 is 14.0 Å². The molecule has 5 nitrogen and oxygen atoms in total. The summed E-state index contributed by atoms with van der Waals surface area (Å²) in [7, 11) is 0. The van der Waals surface area contributed by atoms with Crippen molar-refractivity contribution in [3.8, 4) is 0 Å². The molecule has 28 heavy (non-hydrogen) atoms. The van der Waals surface area contributed by atoms with Gasteiger partial charge in [-0.05, 0) is 55.5 Å². The minimum atomic E-state index is -0.330. The Morgan fingerprint density at radius 3 is 2.61 bits per heavy atom. The van der Waals surface area contributed by atoms with Crippen LogP contribution >= 0.6 is 0 Å². The molecule has 3 aliphatic rings. The zero-order valence-corrected chi connectivity index (χ0v) is 15.8. The average Bonchev–Trinajstić information content (AvgIpc) is 3.61. The fraction of sp³-hybridized carbons (Fsp3) is 0.455. The van der Waals surface area contributed by atoms with Crippen LogP contribution in [0.15, 0.2) is 42.6 Å². The summed E-state index contributed by atoms with van der Waals surface area (Å²) in [5.74, 6) is -0.107. The normalized spacial score (nSPS) is 21.3.